The topological polar surface area (TPSA) is 46.2 Å². The third-order valence-electron chi connectivity index (χ3n) is 2.37. The highest BCUT2D eigenvalue weighted by molar-refractivity contribution is 9.10. The van der Waals surface area contributed by atoms with Crippen LogP contribution in [0.5, 0.6) is 0 Å². The summed E-state index contributed by atoms with van der Waals surface area (Å²) in [6.07, 6.45) is 0. The minimum Gasteiger partial charge on any atom is -0.278 e. The van der Waals surface area contributed by atoms with E-state index in [0.717, 1.165) is 6.07 Å². The van der Waals surface area contributed by atoms with E-state index in [0.29, 0.717) is 4.47 Å². The average molecular weight is 399 g/mol. The maximum atomic E-state index is 13.1. The first-order chi connectivity index (χ1) is 9.29. The van der Waals surface area contributed by atoms with Gasteiger partial charge in [-0.25, -0.2) is 12.8 Å². The average Bonchev–Trinajstić information content (AvgIpc) is 2.36. The summed E-state index contributed by atoms with van der Waals surface area (Å²) in [5.41, 5.74) is 0.0936. The van der Waals surface area contributed by atoms with E-state index in [1.165, 1.54) is 30.3 Å². The van der Waals surface area contributed by atoms with Crippen LogP contribution >= 0.6 is 39.1 Å². The second kappa shape index (κ2) is 5.89. The van der Waals surface area contributed by atoms with Gasteiger partial charge in [-0.15, -0.1) is 0 Å². The van der Waals surface area contributed by atoms with Gasteiger partial charge in [-0.3, -0.25) is 4.72 Å². The van der Waals surface area contributed by atoms with Crippen LogP contribution in [0, 0.1) is 5.82 Å². The first-order valence-electron chi connectivity index (χ1n) is 5.22. The molecular weight excluding hydrogens is 392 g/mol. The summed E-state index contributed by atoms with van der Waals surface area (Å²) in [6, 6.07) is 7.59. The zero-order chi connectivity index (χ0) is 14.9. The lowest BCUT2D eigenvalue weighted by molar-refractivity contribution is 0.601. The van der Waals surface area contributed by atoms with Crippen molar-refractivity contribution in [1.29, 1.82) is 0 Å². The number of anilines is 1. The second-order valence-corrected chi connectivity index (χ2v) is 7.16. The van der Waals surface area contributed by atoms with Crippen molar-refractivity contribution in [2.24, 2.45) is 0 Å². The monoisotopic (exact) mass is 397 g/mol. The Labute approximate surface area is 133 Å². The van der Waals surface area contributed by atoms with Crippen molar-refractivity contribution in [1.82, 2.24) is 0 Å². The van der Waals surface area contributed by atoms with Crippen LogP contribution in [0.2, 0.25) is 10.0 Å². The smallest absolute Gasteiger partial charge is 0.261 e. The molecule has 3 nitrogen and oxygen atoms in total. The molecule has 8 heteroatoms. The van der Waals surface area contributed by atoms with Gasteiger partial charge in [0.25, 0.3) is 10.0 Å². The molecule has 0 heterocycles. The lowest BCUT2D eigenvalue weighted by atomic mass is 10.3. The van der Waals surface area contributed by atoms with Gasteiger partial charge in [0.15, 0.2) is 0 Å². The van der Waals surface area contributed by atoms with Gasteiger partial charge >= 0.3 is 0 Å². The minimum absolute atomic E-state index is 0.0666. The minimum atomic E-state index is -3.88. The predicted molar refractivity (Wildman–Crippen MR) is 81.4 cm³/mol. The molecule has 2 aromatic rings. The molecule has 0 unspecified atom stereocenters. The van der Waals surface area contributed by atoms with E-state index >= 15 is 0 Å². The zero-order valence-corrected chi connectivity index (χ0v) is 13.6. The molecule has 0 amide bonds. The number of nitrogens with one attached hydrogen (secondary N) is 1. The summed E-state index contributed by atoms with van der Waals surface area (Å²) in [6.45, 7) is 0. The van der Waals surface area contributed by atoms with Crippen molar-refractivity contribution < 1.29 is 12.8 Å². The van der Waals surface area contributed by atoms with Gasteiger partial charge in [0.05, 0.1) is 20.6 Å². The van der Waals surface area contributed by atoms with Crippen LogP contribution in [0.4, 0.5) is 10.1 Å². The van der Waals surface area contributed by atoms with Crippen molar-refractivity contribution >= 4 is 54.8 Å². The van der Waals surface area contributed by atoms with E-state index in [-0.39, 0.29) is 20.6 Å². The Morgan fingerprint density at radius 3 is 2.40 bits per heavy atom. The lowest BCUT2D eigenvalue weighted by Gasteiger charge is -2.10. The molecule has 0 aliphatic heterocycles. The van der Waals surface area contributed by atoms with E-state index in [4.69, 9.17) is 23.2 Å². The molecule has 0 bridgehead atoms. The quantitative estimate of drug-likeness (QED) is 0.814. The number of sulfonamides is 1. The third-order valence-corrected chi connectivity index (χ3v) is 5.17. The van der Waals surface area contributed by atoms with E-state index in [1.54, 1.807) is 0 Å². The Hall–Kier alpha value is -0.820. The van der Waals surface area contributed by atoms with Crippen LogP contribution in [-0.4, -0.2) is 8.42 Å². The molecule has 106 valence electrons. The lowest BCUT2D eigenvalue weighted by Crippen LogP contribution is -2.13. The van der Waals surface area contributed by atoms with E-state index in [9.17, 15) is 12.8 Å². The van der Waals surface area contributed by atoms with Crippen LogP contribution in [0.3, 0.4) is 0 Å². The van der Waals surface area contributed by atoms with Gasteiger partial charge in [0.2, 0.25) is 0 Å². The van der Waals surface area contributed by atoms with Gasteiger partial charge in [0, 0.05) is 4.47 Å². The number of rotatable bonds is 3. The predicted octanol–water partition coefficient (Wildman–Crippen LogP) is 4.70. The fourth-order valence-electron chi connectivity index (χ4n) is 1.42. The number of benzene rings is 2. The Morgan fingerprint density at radius 1 is 1.05 bits per heavy atom. The molecule has 0 radical (unpaired) electrons. The maximum Gasteiger partial charge on any atom is 0.261 e. The van der Waals surface area contributed by atoms with Gasteiger partial charge in [0.1, 0.15) is 5.82 Å². The molecule has 0 aliphatic rings. The molecule has 2 aromatic carbocycles. The van der Waals surface area contributed by atoms with Crippen LogP contribution in [0.15, 0.2) is 45.8 Å². The summed E-state index contributed by atoms with van der Waals surface area (Å²) < 4.78 is 40.2. The Kier molecular flexibility index (Phi) is 4.59. The molecule has 0 fully saturated rings. The van der Waals surface area contributed by atoms with Crippen LogP contribution in [-0.2, 0) is 10.0 Å². The Balaban J connectivity index is 2.40. The molecular formula is C12H7BrCl2FNO2S. The summed E-state index contributed by atoms with van der Waals surface area (Å²) in [4.78, 5) is -0.0666. The Bertz CT molecular complexity index is 768. The molecule has 0 saturated heterocycles. The van der Waals surface area contributed by atoms with Crippen molar-refractivity contribution in [2.45, 2.75) is 4.90 Å². The molecule has 0 saturated carbocycles. The largest absolute Gasteiger partial charge is 0.278 e. The van der Waals surface area contributed by atoms with Gasteiger partial charge in [-0.1, -0.05) is 23.2 Å². The van der Waals surface area contributed by atoms with Gasteiger partial charge in [-0.2, -0.15) is 0 Å². The second-order valence-electron chi connectivity index (χ2n) is 3.81. The van der Waals surface area contributed by atoms with E-state index in [1.807, 2.05) is 0 Å². The first kappa shape index (κ1) is 15.6. The van der Waals surface area contributed by atoms with Gasteiger partial charge in [-0.05, 0) is 52.3 Å². The first-order valence-corrected chi connectivity index (χ1v) is 8.26. The summed E-state index contributed by atoms with van der Waals surface area (Å²) in [7, 11) is -3.88. The molecule has 0 atom stereocenters. The summed E-state index contributed by atoms with van der Waals surface area (Å²) in [5.74, 6) is -0.556. The molecule has 0 aromatic heterocycles. The van der Waals surface area contributed by atoms with Gasteiger partial charge < -0.3 is 0 Å². The maximum absolute atomic E-state index is 13.1. The van der Waals surface area contributed by atoms with Crippen molar-refractivity contribution in [3.05, 3.63) is 56.7 Å². The zero-order valence-electron chi connectivity index (χ0n) is 9.70. The van der Waals surface area contributed by atoms with Crippen LogP contribution in [0.25, 0.3) is 0 Å². The van der Waals surface area contributed by atoms with Crippen molar-refractivity contribution in [2.75, 3.05) is 4.72 Å². The van der Waals surface area contributed by atoms with Crippen molar-refractivity contribution in [3.63, 3.8) is 0 Å². The molecule has 20 heavy (non-hydrogen) atoms. The fraction of sp³-hybridized carbons (Fsp3) is 0. The SMILES string of the molecule is O=S(=O)(Nc1cc(F)ccc1Br)c1ccc(Cl)c(Cl)c1. The number of hydrogen-bond donors (Lipinski definition) is 1. The molecule has 0 spiro atoms. The normalized spacial score (nSPS) is 11.4. The highest BCUT2D eigenvalue weighted by Gasteiger charge is 2.17. The highest BCUT2D eigenvalue weighted by atomic mass is 79.9. The Morgan fingerprint density at radius 2 is 1.75 bits per heavy atom. The molecule has 0 aliphatic carbocycles. The van der Waals surface area contributed by atoms with E-state index < -0.39 is 15.8 Å². The standard InChI is InChI=1S/C12H7BrCl2FNO2S/c13-9-3-1-7(16)5-12(9)17-20(18,19)8-2-4-10(14)11(15)6-8/h1-6,17H. The fourth-order valence-corrected chi connectivity index (χ4v) is 3.36. The van der Waals surface area contributed by atoms with E-state index in [2.05, 4.69) is 20.7 Å². The third kappa shape index (κ3) is 3.44. The molecule has 2 rings (SSSR count). The number of halogens is 4. The number of hydrogen-bond acceptors (Lipinski definition) is 2. The molecule has 1 N–H and O–H groups in total. The highest BCUT2D eigenvalue weighted by Crippen LogP contribution is 2.28. The summed E-state index contributed by atoms with van der Waals surface area (Å²) in [5, 5.41) is 0.366. The summed E-state index contributed by atoms with van der Waals surface area (Å²) >= 11 is 14.7. The van der Waals surface area contributed by atoms with Crippen LogP contribution in [0.1, 0.15) is 0 Å². The van der Waals surface area contributed by atoms with Crippen molar-refractivity contribution in [3.8, 4) is 0 Å². The van der Waals surface area contributed by atoms with Crippen LogP contribution < -0.4 is 4.72 Å².